The number of hydrogen-bond acceptors (Lipinski definition) is 1. The van der Waals surface area contributed by atoms with Gasteiger partial charge in [-0.15, -0.1) is 0 Å². The van der Waals surface area contributed by atoms with Crippen LogP contribution < -0.4 is 0 Å². The van der Waals surface area contributed by atoms with Crippen LogP contribution in [0.3, 0.4) is 0 Å². The van der Waals surface area contributed by atoms with Gasteiger partial charge in [0.1, 0.15) is 5.82 Å². The fourth-order valence-corrected chi connectivity index (χ4v) is 2.41. The molecule has 0 atom stereocenters. The van der Waals surface area contributed by atoms with Gasteiger partial charge >= 0.3 is 0 Å². The third-order valence-electron chi connectivity index (χ3n) is 3.84. The molecule has 0 unspecified atom stereocenters. The lowest BCUT2D eigenvalue weighted by Gasteiger charge is -2.09. The number of halogens is 1. The average molecular weight is 251 g/mol. The smallest absolute Gasteiger partial charge is 0.131 e. The van der Waals surface area contributed by atoms with E-state index in [1.807, 2.05) is 37.3 Å². The number of aryl methyl sites for hydroxylation is 1. The standard InChI is InChI=1S/C17H14FN/c1-12-2-7-15(16(18)10-12)13-3-5-14(6-4-13)17(11-19)8-9-17/h2-7,10H,8-9H2,1H3. The predicted molar refractivity (Wildman–Crippen MR) is 73.1 cm³/mol. The molecule has 94 valence electrons. The van der Waals surface area contributed by atoms with E-state index in [-0.39, 0.29) is 11.2 Å². The van der Waals surface area contributed by atoms with Crippen molar-refractivity contribution in [3.05, 3.63) is 59.4 Å². The van der Waals surface area contributed by atoms with Crippen LogP contribution in [0, 0.1) is 24.1 Å². The third-order valence-corrected chi connectivity index (χ3v) is 3.84. The summed E-state index contributed by atoms with van der Waals surface area (Å²) in [6, 6.07) is 15.3. The zero-order chi connectivity index (χ0) is 13.5. The van der Waals surface area contributed by atoms with Crippen molar-refractivity contribution < 1.29 is 4.39 Å². The number of nitriles is 1. The van der Waals surface area contributed by atoms with Crippen molar-refractivity contribution in [1.82, 2.24) is 0 Å². The molecule has 1 nitrogen and oxygen atoms in total. The van der Waals surface area contributed by atoms with E-state index >= 15 is 0 Å². The number of rotatable bonds is 2. The Kier molecular flexibility index (Phi) is 2.64. The summed E-state index contributed by atoms with van der Waals surface area (Å²) in [6.45, 7) is 1.87. The molecule has 0 heterocycles. The Bertz CT molecular complexity index is 661. The molecule has 2 aromatic carbocycles. The van der Waals surface area contributed by atoms with E-state index < -0.39 is 0 Å². The molecule has 0 N–H and O–H groups in total. The molecule has 0 bridgehead atoms. The van der Waals surface area contributed by atoms with Gasteiger partial charge in [0, 0.05) is 5.56 Å². The first-order valence-corrected chi connectivity index (χ1v) is 6.43. The second kappa shape index (κ2) is 4.20. The Morgan fingerprint density at radius 2 is 1.79 bits per heavy atom. The minimum Gasteiger partial charge on any atom is -0.206 e. The van der Waals surface area contributed by atoms with Gasteiger partial charge in [0.2, 0.25) is 0 Å². The monoisotopic (exact) mass is 251 g/mol. The summed E-state index contributed by atoms with van der Waals surface area (Å²) in [5, 5.41) is 9.16. The summed E-state index contributed by atoms with van der Waals surface area (Å²) in [4.78, 5) is 0. The summed E-state index contributed by atoms with van der Waals surface area (Å²) in [6.07, 6.45) is 1.86. The van der Waals surface area contributed by atoms with Crippen molar-refractivity contribution in [3.8, 4) is 17.2 Å². The first-order valence-electron chi connectivity index (χ1n) is 6.43. The molecule has 0 spiro atoms. The van der Waals surface area contributed by atoms with Gasteiger partial charge in [-0.05, 0) is 42.5 Å². The Labute approximate surface area is 112 Å². The minimum absolute atomic E-state index is 0.200. The van der Waals surface area contributed by atoms with E-state index in [9.17, 15) is 4.39 Å². The van der Waals surface area contributed by atoms with E-state index in [1.54, 1.807) is 12.1 Å². The predicted octanol–water partition coefficient (Wildman–Crippen LogP) is 4.36. The van der Waals surface area contributed by atoms with Crippen LogP contribution >= 0.6 is 0 Å². The fourth-order valence-electron chi connectivity index (χ4n) is 2.41. The lowest BCUT2D eigenvalue weighted by atomic mass is 9.94. The van der Waals surface area contributed by atoms with Crippen molar-refractivity contribution in [2.45, 2.75) is 25.2 Å². The molecule has 1 aliphatic carbocycles. The van der Waals surface area contributed by atoms with Crippen LogP contribution in [-0.4, -0.2) is 0 Å². The Morgan fingerprint density at radius 1 is 1.11 bits per heavy atom. The normalized spacial score (nSPS) is 15.8. The Morgan fingerprint density at radius 3 is 2.32 bits per heavy atom. The first-order chi connectivity index (χ1) is 9.14. The van der Waals surface area contributed by atoms with E-state index in [1.165, 1.54) is 0 Å². The molecule has 0 saturated heterocycles. The summed E-state index contributed by atoms with van der Waals surface area (Å²) < 4.78 is 13.9. The van der Waals surface area contributed by atoms with Crippen LogP contribution in [0.2, 0.25) is 0 Å². The van der Waals surface area contributed by atoms with E-state index in [2.05, 4.69) is 6.07 Å². The molecule has 1 saturated carbocycles. The van der Waals surface area contributed by atoms with Gasteiger partial charge in [0.05, 0.1) is 11.5 Å². The van der Waals surface area contributed by atoms with Crippen molar-refractivity contribution in [2.24, 2.45) is 0 Å². The maximum Gasteiger partial charge on any atom is 0.131 e. The molecule has 2 heteroatoms. The number of benzene rings is 2. The molecule has 2 aromatic rings. The van der Waals surface area contributed by atoms with Crippen LogP contribution in [0.1, 0.15) is 24.0 Å². The second-order valence-electron chi connectivity index (χ2n) is 5.25. The van der Waals surface area contributed by atoms with Crippen molar-refractivity contribution in [1.29, 1.82) is 5.26 Å². The van der Waals surface area contributed by atoms with Crippen LogP contribution in [0.25, 0.3) is 11.1 Å². The van der Waals surface area contributed by atoms with Gasteiger partial charge in [-0.3, -0.25) is 0 Å². The van der Waals surface area contributed by atoms with Gasteiger partial charge < -0.3 is 0 Å². The highest BCUT2D eigenvalue weighted by Gasteiger charge is 2.44. The summed E-state index contributed by atoms with van der Waals surface area (Å²) >= 11 is 0. The maximum absolute atomic E-state index is 13.9. The molecular weight excluding hydrogens is 237 g/mol. The van der Waals surface area contributed by atoms with Crippen LogP contribution in [0.4, 0.5) is 4.39 Å². The number of nitrogens with zero attached hydrogens (tertiary/aromatic N) is 1. The lowest BCUT2D eigenvalue weighted by Crippen LogP contribution is -2.01. The summed E-state index contributed by atoms with van der Waals surface area (Å²) in [5.41, 5.74) is 3.16. The van der Waals surface area contributed by atoms with E-state index in [4.69, 9.17) is 5.26 Å². The average Bonchev–Trinajstić information content (AvgIpc) is 3.20. The SMILES string of the molecule is Cc1ccc(-c2ccc(C3(C#N)CC3)cc2)c(F)c1. The van der Waals surface area contributed by atoms with Gasteiger partial charge in [-0.25, -0.2) is 4.39 Å². The van der Waals surface area contributed by atoms with Crippen LogP contribution in [0.5, 0.6) is 0 Å². The minimum atomic E-state index is -0.273. The molecule has 0 aromatic heterocycles. The highest BCUT2D eigenvalue weighted by atomic mass is 19.1. The lowest BCUT2D eigenvalue weighted by molar-refractivity contribution is 0.630. The summed E-state index contributed by atoms with van der Waals surface area (Å²) in [7, 11) is 0. The second-order valence-corrected chi connectivity index (χ2v) is 5.25. The van der Waals surface area contributed by atoms with Crippen molar-refractivity contribution in [2.75, 3.05) is 0 Å². The maximum atomic E-state index is 13.9. The molecule has 3 rings (SSSR count). The van der Waals surface area contributed by atoms with Crippen molar-refractivity contribution >= 4 is 0 Å². The Hall–Kier alpha value is -2.14. The Balaban J connectivity index is 1.97. The molecule has 1 aliphatic rings. The van der Waals surface area contributed by atoms with Gasteiger partial charge in [0.25, 0.3) is 0 Å². The molecule has 0 radical (unpaired) electrons. The van der Waals surface area contributed by atoms with Gasteiger partial charge in [-0.2, -0.15) is 5.26 Å². The quantitative estimate of drug-likeness (QED) is 0.778. The molecular formula is C17H14FN. The highest BCUT2D eigenvalue weighted by Crippen LogP contribution is 2.47. The first kappa shape index (κ1) is 11.9. The molecule has 1 fully saturated rings. The largest absolute Gasteiger partial charge is 0.206 e. The fraction of sp³-hybridized carbons (Fsp3) is 0.235. The highest BCUT2D eigenvalue weighted by molar-refractivity contribution is 5.65. The molecule has 0 aliphatic heterocycles. The topological polar surface area (TPSA) is 23.8 Å². The summed E-state index contributed by atoms with van der Waals surface area (Å²) in [5.74, 6) is -0.200. The zero-order valence-corrected chi connectivity index (χ0v) is 10.8. The van der Waals surface area contributed by atoms with Crippen LogP contribution in [0.15, 0.2) is 42.5 Å². The zero-order valence-electron chi connectivity index (χ0n) is 10.8. The molecule has 0 amide bonds. The molecule has 19 heavy (non-hydrogen) atoms. The van der Waals surface area contributed by atoms with Gasteiger partial charge in [0.15, 0.2) is 0 Å². The van der Waals surface area contributed by atoms with Crippen LogP contribution in [-0.2, 0) is 5.41 Å². The van der Waals surface area contributed by atoms with Crippen molar-refractivity contribution in [3.63, 3.8) is 0 Å². The third kappa shape index (κ3) is 2.02. The van der Waals surface area contributed by atoms with E-state index in [0.717, 1.165) is 29.5 Å². The van der Waals surface area contributed by atoms with Gasteiger partial charge in [-0.1, -0.05) is 36.4 Å². The van der Waals surface area contributed by atoms with E-state index in [0.29, 0.717) is 5.56 Å². The number of hydrogen-bond donors (Lipinski definition) is 0.